The summed E-state index contributed by atoms with van der Waals surface area (Å²) in [7, 11) is 0. The Morgan fingerprint density at radius 3 is 2.67 bits per heavy atom. The van der Waals surface area contributed by atoms with E-state index >= 15 is 0 Å². The summed E-state index contributed by atoms with van der Waals surface area (Å²) in [5, 5.41) is 1.19. The van der Waals surface area contributed by atoms with Crippen LogP contribution in [0.2, 0.25) is 0 Å². The summed E-state index contributed by atoms with van der Waals surface area (Å²) in [5.74, 6) is 0.744. The van der Waals surface area contributed by atoms with Crippen LogP contribution < -0.4 is 10.2 Å². The van der Waals surface area contributed by atoms with Gasteiger partial charge in [0.1, 0.15) is 22.5 Å². The number of benzene rings is 2. The first-order valence-electron chi connectivity index (χ1n) is 6.92. The summed E-state index contributed by atoms with van der Waals surface area (Å²) in [5.41, 5.74) is 1.66. The molecule has 0 amide bonds. The number of hydrogen-bond donors (Lipinski definition) is 0. The molecule has 21 heavy (non-hydrogen) atoms. The molecule has 1 aromatic heterocycles. The van der Waals surface area contributed by atoms with Crippen molar-refractivity contribution in [1.82, 2.24) is 0 Å². The lowest BCUT2D eigenvalue weighted by molar-refractivity contribution is 0.159. The van der Waals surface area contributed by atoms with Crippen molar-refractivity contribution in [2.75, 3.05) is 0 Å². The molecule has 1 aliphatic rings. The predicted molar refractivity (Wildman–Crippen MR) is 83.7 cm³/mol. The Labute approximate surface area is 121 Å². The molecule has 104 valence electrons. The first-order chi connectivity index (χ1) is 10.1. The molecule has 0 saturated carbocycles. The minimum Gasteiger partial charge on any atom is -0.483 e. The van der Waals surface area contributed by atoms with Crippen LogP contribution in [0.25, 0.3) is 28.0 Å². The standard InChI is InChI=1S/C18H14O3/c1-18(2)10-9-12-15(21-18)8-7-13-16(19)11-5-3-4-6-14(11)20-17(12)13/h3-10H,1-2H3. The summed E-state index contributed by atoms with van der Waals surface area (Å²) in [6, 6.07) is 10.9. The number of fused-ring (bicyclic) bond motifs is 4. The van der Waals surface area contributed by atoms with Crippen molar-refractivity contribution in [1.29, 1.82) is 0 Å². The van der Waals surface area contributed by atoms with E-state index in [9.17, 15) is 4.79 Å². The highest BCUT2D eigenvalue weighted by Gasteiger charge is 2.24. The topological polar surface area (TPSA) is 39.4 Å². The molecule has 2 aromatic carbocycles. The molecule has 0 saturated heterocycles. The third-order valence-corrected chi connectivity index (χ3v) is 3.77. The molecular weight excluding hydrogens is 264 g/mol. The highest BCUT2D eigenvalue weighted by molar-refractivity contribution is 5.95. The maximum absolute atomic E-state index is 12.6. The monoisotopic (exact) mass is 278 g/mol. The van der Waals surface area contributed by atoms with Crippen molar-refractivity contribution in [2.45, 2.75) is 19.4 Å². The summed E-state index contributed by atoms with van der Waals surface area (Å²) in [6.45, 7) is 3.99. The quantitative estimate of drug-likeness (QED) is 0.580. The second kappa shape index (κ2) is 3.98. The van der Waals surface area contributed by atoms with E-state index in [-0.39, 0.29) is 11.0 Å². The maximum Gasteiger partial charge on any atom is 0.200 e. The molecule has 0 spiro atoms. The third kappa shape index (κ3) is 1.77. The van der Waals surface area contributed by atoms with Crippen molar-refractivity contribution >= 4 is 28.0 Å². The van der Waals surface area contributed by atoms with Gasteiger partial charge < -0.3 is 9.15 Å². The fraction of sp³-hybridized carbons (Fsp3) is 0.167. The second-order valence-corrected chi connectivity index (χ2v) is 5.82. The van der Waals surface area contributed by atoms with Crippen LogP contribution in [0.4, 0.5) is 0 Å². The van der Waals surface area contributed by atoms with Crippen molar-refractivity contribution in [2.24, 2.45) is 0 Å². The minimum absolute atomic E-state index is 0.00659. The average Bonchev–Trinajstić information content (AvgIpc) is 2.46. The van der Waals surface area contributed by atoms with E-state index in [4.69, 9.17) is 9.15 Å². The number of rotatable bonds is 0. The second-order valence-electron chi connectivity index (χ2n) is 5.82. The molecule has 0 aliphatic carbocycles. The predicted octanol–water partition coefficient (Wildman–Crippen LogP) is 4.13. The fourth-order valence-electron chi connectivity index (χ4n) is 2.72. The van der Waals surface area contributed by atoms with E-state index in [0.29, 0.717) is 21.9 Å². The smallest absolute Gasteiger partial charge is 0.200 e. The van der Waals surface area contributed by atoms with Crippen LogP contribution in [0.15, 0.2) is 51.7 Å². The lowest BCUT2D eigenvalue weighted by atomic mass is 10.00. The van der Waals surface area contributed by atoms with E-state index in [2.05, 4.69) is 0 Å². The van der Waals surface area contributed by atoms with Crippen molar-refractivity contribution < 1.29 is 9.15 Å². The zero-order valence-corrected chi connectivity index (χ0v) is 11.8. The minimum atomic E-state index is -0.349. The molecule has 0 N–H and O–H groups in total. The summed E-state index contributed by atoms with van der Waals surface area (Å²) >= 11 is 0. The Hall–Kier alpha value is -2.55. The van der Waals surface area contributed by atoms with Gasteiger partial charge in [0.05, 0.1) is 16.3 Å². The SMILES string of the molecule is CC1(C)C=Cc2c(ccc3c(=O)c4ccccc4oc23)O1. The summed E-state index contributed by atoms with van der Waals surface area (Å²) < 4.78 is 11.9. The van der Waals surface area contributed by atoms with Gasteiger partial charge in [-0.05, 0) is 50.3 Å². The average molecular weight is 278 g/mol. The highest BCUT2D eigenvalue weighted by atomic mass is 16.5. The molecule has 0 fully saturated rings. The lowest BCUT2D eigenvalue weighted by Crippen LogP contribution is -2.27. The van der Waals surface area contributed by atoms with Gasteiger partial charge in [-0.2, -0.15) is 0 Å². The summed E-state index contributed by atoms with van der Waals surface area (Å²) in [6.07, 6.45) is 3.95. The van der Waals surface area contributed by atoms with E-state index in [0.717, 1.165) is 11.3 Å². The number of para-hydroxylation sites is 1. The van der Waals surface area contributed by atoms with E-state index in [1.165, 1.54) is 0 Å². The van der Waals surface area contributed by atoms with E-state index in [1.54, 1.807) is 12.1 Å². The largest absolute Gasteiger partial charge is 0.483 e. The van der Waals surface area contributed by atoms with Crippen LogP contribution in [-0.4, -0.2) is 5.60 Å². The van der Waals surface area contributed by atoms with Gasteiger partial charge in [-0.1, -0.05) is 12.1 Å². The molecule has 0 atom stereocenters. The Morgan fingerprint density at radius 2 is 1.81 bits per heavy atom. The van der Waals surface area contributed by atoms with Gasteiger partial charge in [-0.3, -0.25) is 4.79 Å². The van der Waals surface area contributed by atoms with Crippen LogP contribution in [0, 0.1) is 0 Å². The van der Waals surface area contributed by atoms with E-state index < -0.39 is 0 Å². The first kappa shape index (κ1) is 12.2. The Morgan fingerprint density at radius 1 is 1.00 bits per heavy atom. The molecule has 0 radical (unpaired) electrons. The Kier molecular flexibility index (Phi) is 2.31. The molecular formula is C18H14O3. The van der Waals surface area contributed by atoms with E-state index in [1.807, 2.05) is 50.3 Å². The van der Waals surface area contributed by atoms with Crippen molar-refractivity contribution in [3.8, 4) is 5.75 Å². The fourth-order valence-corrected chi connectivity index (χ4v) is 2.72. The van der Waals surface area contributed by atoms with Crippen LogP contribution in [0.1, 0.15) is 19.4 Å². The van der Waals surface area contributed by atoms with Crippen molar-refractivity contribution in [3.63, 3.8) is 0 Å². The first-order valence-corrected chi connectivity index (χ1v) is 6.92. The van der Waals surface area contributed by atoms with Gasteiger partial charge in [0, 0.05) is 0 Å². The highest BCUT2D eigenvalue weighted by Crippen LogP contribution is 2.36. The molecule has 3 nitrogen and oxygen atoms in total. The molecule has 3 heteroatoms. The molecule has 0 unspecified atom stereocenters. The molecule has 0 bridgehead atoms. The zero-order valence-electron chi connectivity index (χ0n) is 11.8. The zero-order chi connectivity index (χ0) is 14.6. The van der Waals surface area contributed by atoms with Crippen LogP contribution in [0.5, 0.6) is 5.75 Å². The van der Waals surface area contributed by atoms with Crippen LogP contribution in [0.3, 0.4) is 0 Å². The van der Waals surface area contributed by atoms with Gasteiger partial charge in [0.2, 0.25) is 5.43 Å². The van der Waals surface area contributed by atoms with Gasteiger partial charge in [-0.15, -0.1) is 0 Å². The molecule has 2 heterocycles. The number of hydrogen-bond acceptors (Lipinski definition) is 3. The normalized spacial score (nSPS) is 15.9. The van der Waals surface area contributed by atoms with Gasteiger partial charge in [0.25, 0.3) is 0 Å². The summed E-state index contributed by atoms with van der Waals surface area (Å²) in [4.78, 5) is 12.6. The molecule has 1 aliphatic heterocycles. The third-order valence-electron chi connectivity index (χ3n) is 3.77. The van der Waals surface area contributed by atoms with Crippen LogP contribution in [-0.2, 0) is 0 Å². The van der Waals surface area contributed by atoms with Gasteiger partial charge in [-0.25, -0.2) is 0 Å². The molecule has 4 rings (SSSR count). The molecule has 3 aromatic rings. The Balaban J connectivity index is 2.14. The van der Waals surface area contributed by atoms with Gasteiger partial charge in [0.15, 0.2) is 0 Å². The Bertz CT molecular complexity index is 961. The lowest BCUT2D eigenvalue weighted by Gasteiger charge is -2.27. The van der Waals surface area contributed by atoms with Crippen LogP contribution >= 0.6 is 0 Å². The number of ether oxygens (including phenoxy) is 1. The van der Waals surface area contributed by atoms with Gasteiger partial charge >= 0.3 is 0 Å². The van der Waals surface area contributed by atoms with Crippen molar-refractivity contribution in [3.05, 3.63) is 58.3 Å². The maximum atomic E-state index is 12.6.